The lowest BCUT2D eigenvalue weighted by Crippen LogP contribution is -2.51. The summed E-state index contributed by atoms with van der Waals surface area (Å²) < 4.78 is 66.8. The Morgan fingerprint density at radius 2 is 1.69 bits per heavy atom. The normalized spacial score (nSPS) is 34.6. The first-order valence-corrected chi connectivity index (χ1v) is 3.75. The molecule has 1 fully saturated rings. The monoisotopic (exact) mass is 204 g/mol. The molecule has 1 aliphatic rings. The molecule has 0 bridgehead atoms. The highest BCUT2D eigenvalue weighted by Gasteiger charge is 2.57. The van der Waals surface area contributed by atoms with Crippen LogP contribution in [0.5, 0.6) is 0 Å². The van der Waals surface area contributed by atoms with E-state index in [2.05, 4.69) is 4.74 Å². The van der Waals surface area contributed by atoms with Gasteiger partial charge in [0.05, 0.1) is 0 Å². The SMILES string of the molecule is CC(F)(F)C1(F)CCC(F)(F)CO1. The van der Waals surface area contributed by atoms with Gasteiger partial charge in [-0.2, -0.15) is 0 Å². The molecule has 6 heteroatoms. The molecule has 0 saturated carbocycles. The molecule has 0 amide bonds. The smallest absolute Gasteiger partial charge is 0.302 e. The zero-order chi connectivity index (χ0) is 10.3. The summed E-state index contributed by atoms with van der Waals surface area (Å²) in [4.78, 5) is 0. The molecule has 78 valence electrons. The second-order valence-corrected chi connectivity index (χ2v) is 3.26. The minimum Gasteiger partial charge on any atom is -0.335 e. The fourth-order valence-electron chi connectivity index (χ4n) is 1.05. The van der Waals surface area contributed by atoms with Gasteiger partial charge in [0.25, 0.3) is 11.8 Å². The molecule has 0 N–H and O–H groups in total. The van der Waals surface area contributed by atoms with Gasteiger partial charge in [-0.25, -0.2) is 22.0 Å². The van der Waals surface area contributed by atoms with Crippen LogP contribution in [0, 0.1) is 0 Å². The van der Waals surface area contributed by atoms with E-state index in [-0.39, 0.29) is 0 Å². The van der Waals surface area contributed by atoms with E-state index in [1.54, 1.807) is 0 Å². The number of hydrogen-bond acceptors (Lipinski definition) is 1. The molecular formula is C7H9F5O. The third-order valence-corrected chi connectivity index (χ3v) is 1.98. The molecule has 1 saturated heterocycles. The van der Waals surface area contributed by atoms with Crippen LogP contribution < -0.4 is 0 Å². The van der Waals surface area contributed by atoms with Gasteiger partial charge in [-0.05, 0) is 0 Å². The quantitative estimate of drug-likeness (QED) is 0.597. The average Bonchev–Trinajstić information content (AvgIpc) is 1.94. The van der Waals surface area contributed by atoms with E-state index in [9.17, 15) is 22.0 Å². The summed E-state index contributed by atoms with van der Waals surface area (Å²) in [5, 5.41) is 0. The fourth-order valence-corrected chi connectivity index (χ4v) is 1.05. The summed E-state index contributed by atoms with van der Waals surface area (Å²) in [7, 11) is 0. The van der Waals surface area contributed by atoms with E-state index in [1.807, 2.05) is 0 Å². The lowest BCUT2D eigenvalue weighted by Gasteiger charge is -2.37. The van der Waals surface area contributed by atoms with E-state index in [0.29, 0.717) is 6.92 Å². The predicted octanol–water partition coefficient (Wildman–Crippen LogP) is 2.75. The van der Waals surface area contributed by atoms with Gasteiger partial charge in [-0.15, -0.1) is 0 Å². The number of hydrogen-bond donors (Lipinski definition) is 0. The highest BCUT2D eigenvalue weighted by atomic mass is 19.3. The van der Waals surface area contributed by atoms with Crippen LogP contribution in [0.3, 0.4) is 0 Å². The molecule has 1 nitrogen and oxygen atoms in total. The molecule has 1 atom stereocenters. The molecule has 0 aromatic heterocycles. The Morgan fingerprint density at radius 1 is 1.15 bits per heavy atom. The topological polar surface area (TPSA) is 9.23 Å². The summed E-state index contributed by atoms with van der Waals surface area (Å²) in [6, 6.07) is 0. The Bertz CT molecular complexity index is 188. The molecule has 0 aliphatic carbocycles. The van der Waals surface area contributed by atoms with Gasteiger partial charge in [0.2, 0.25) is 0 Å². The molecule has 0 radical (unpaired) electrons. The van der Waals surface area contributed by atoms with Crippen molar-refractivity contribution in [2.75, 3.05) is 6.61 Å². The highest BCUT2D eigenvalue weighted by Crippen LogP contribution is 2.43. The minimum absolute atomic E-state index is 0.316. The minimum atomic E-state index is -3.75. The number of alkyl halides is 5. The van der Waals surface area contributed by atoms with Crippen LogP contribution in [0.2, 0.25) is 0 Å². The van der Waals surface area contributed by atoms with Crippen LogP contribution in [0.4, 0.5) is 22.0 Å². The van der Waals surface area contributed by atoms with Gasteiger partial charge in [-0.1, -0.05) is 0 Å². The van der Waals surface area contributed by atoms with Crippen molar-refractivity contribution in [3.63, 3.8) is 0 Å². The molecule has 13 heavy (non-hydrogen) atoms. The van der Waals surface area contributed by atoms with Gasteiger partial charge in [0.1, 0.15) is 6.61 Å². The van der Waals surface area contributed by atoms with Crippen LogP contribution in [-0.2, 0) is 4.74 Å². The third kappa shape index (κ3) is 2.10. The van der Waals surface area contributed by atoms with Crippen molar-refractivity contribution in [3.05, 3.63) is 0 Å². The molecule has 0 aromatic rings. The Balaban J connectivity index is 2.68. The van der Waals surface area contributed by atoms with Gasteiger partial charge in [0, 0.05) is 19.8 Å². The van der Waals surface area contributed by atoms with E-state index in [4.69, 9.17) is 0 Å². The average molecular weight is 204 g/mol. The summed E-state index contributed by atoms with van der Waals surface area (Å²) in [6.07, 6.45) is -1.89. The highest BCUT2D eigenvalue weighted by molar-refractivity contribution is 4.88. The van der Waals surface area contributed by atoms with Gasteiger partial charge in [0.15, 0.2) is 0 Å². The van der Waals surface area contributed by atoms with E-state index >= 15 is 0 Å². The number of halogens is 5. The predicted molar refractivity (Wildman–Crippen MR) is 34.6 cm³/mol. The van der Waals surface area contributed by atoms with Crippen molar-refractivity contribution in [1.82, 2.24) is 0 Å². The molecule has 1 rings (SSSR count). The Morgan fingerprint density at radius 3 is 2.00 bits per heavy atom. The second kappa shape index (κ2) is 2.80. The molecule has 1 unspecified atom stereocenters. The lowest BCUT2D eigenvalue weighted by molar-refractivity contribution is -0.317. The van der Waals surface area contributed by atoms with Crippen molar-refractivity contribution < 1.29 is 26.7 Å². The van der Waals surface area contributed by atoms with E-state index in [1.165, 1.54) is 0 Å². The Kier molecular flexibility index (Phi) is 2.30. The lowest BCUT2D eigenvalue weighted by atomic mass is 10.00. The van der Waals surface area contributed by atoms with Gasteiger partial charge >= 0.3 is 5.92 Å². The first-order valence-electron chi connectivity index (χ1n) is 3.75. The van der Waals surface area contributed by atoms with Crippen LogP contribution in [0.1, 0.15) is 19.8 Å². The summed E-state index contributed by atoms with van der Waals surface area (Å²) in [6.45, 7) is -0.969. The summed E-state index contributed by atoms with van der Waals surface area (Å²) in [5.41, 5.74) is 0. The standard InChI is InChI=1S/C7H9F5O/c1-5(8,9)7(12)3-2-6(10,11)4-13-7/h2-4H2,1H3. The van der Waals surface area contributed by atoms with Crippen LogP contribution in [-0.4, -0.2) is 24.3 Å². The van der Waals surface area contributed by atoms with Crippen molar-refractivity contribution >= 4 is 0 Å². The van der Waals surface area contributed by atoms with Crippen molar-refractivity contribution in [2.24, 2.45) is 0 Å². The first-order chi connectivity index (χ1) is 5.66. The number of rotatable bonds is 1. The first kappa shape index (κ1) is 10.7. The zero-order valence-corrected chi connectivity index (χ0v) is 6.92. The summed E-state index contributed by atoms with van der Waals surface area (Å²) in [5.74, 6) is -10.2. The molecular weight excluding hydrogens is 195 g/mol. The van der Waals surface area contributed by atoms with E-state index in [0.717, 1.165) is 0 Å². The number of ether oxygens (including phenoxy) is 1. The van der Waals surface area contributed by atoms with Gasteiger partial charge < -0.3 is 4.74 Å². The second-order valence-electron chi connectivity index (χ2n) is 3.26. The maximum atomic E-state index is 13.1. The van der Waals surface area contributed by atoms with Crippen LogP contribution >= 0.6 is 0 Å². The zero-order valence-electron chi connectivity index (χ0n) is 6.92. The van der Waals surface area contributed by atoms with Crippen molar-refractivity contribution in [1.29, 1.82) is 0 Å². The third-order valence-electron chi connectivity index (χ3n) is 1.98. The van der Waals surface area contributed by atoms with Gasteiger partial charge in [-0.3, -0.25) is 0 Å². The maximum Gasteiger partial charge on any atom is 0.302 e. The fraction of sp³-hybridized carbons (Fsp3) is 1.00. The molecule has 1 heterocycles. The molecule has 1 aliphatic heterocycles. The van der Waals surface area contributed by atoms with E-state index < -0.39 is 37.1 Å². The Hall–Kier alpha value is -0.390. The van der Waals surface area contributed by atoms with Crippen molar-refractivity contribution in [2.45, 2.75) is 37.5 Å². The van der Waals surface area contributed by atoms with Crippen LogP contribution in [0.25, 0.3) is 0 Å². The van der Waals surface area contributed by atoms with Crippen molar-refractivity contribution in [3.8, 4) is 0 Å². The Labute approximate surface area is 71.9 Å². The largest absolute Gasteiger partial charge is 0.335 e. The maximum absolute atomic E-state index is 13.1. The molecule has 0 spiro atoms. The van der Waals surface area contributed by atoms with Crippen LogP contribution in [0.15, 0.2) is 0 Å². The molecule has 0 aromatic carbocycles. The summed E-state index contributed by atoms with van der Waals surface area (Å²) >= 11 is 0.